The fraction of sp³-hybridized carbons (Fsp3) is 0.385. The number of carbonyl (C=O) groups excluding carboxylic acids is 2. The molecular formula is C13H17N7O3. The summed E-state index contributed by atoms with van der Waals surface area (Å²) in [6.07, 6.45) is 2.68. The maximum atomic E-state index is 12.6. The summed E-state index contributed by atoms with van der Waals surface area (Å²) >= 11 is 0. The minimum Gasteiger partial charge on any atom is -0.382 e. The highest BCUT2D eigenvalue weighted by atomic mass is 16.5. The molecule has 0 aliphatic carbocycles. The number of carbonyl (C=O) groups is 2. The van der Waals surface area contributed by atoms with Crippen LogP contribution in [0.5, 0.6) is 0 Å². The van der Waals surface area contributed by atoms with E-state index >= 15 is 0 Å². The Morgan fingerprint density at radius 2 is 2.04 bits per heavy atom. The van der Waals surface area contributed by atoms with Crippen LogP contribution < -0.4 is 22.3 Å². The molecule has 3 heterocycles. The van der Waals surface area contributed by atoms with Gasteiger partial charge in [0.05, 0.1) is 5.56 Å². The molecule has 1 saturated heterocycles. The van der Waals surface area contributed by atoms with Gasteiger partial charge >= 0.3 is 0 Å². The molecule has 1 fully saturated rings. The Labute approximate surface area is 131 Å². The van der Waals surface area contributed by atoms with Gasteiger partial charge in [0.1, 0.15) is 17.5 Å². The predicted molar refractivity (Wildman–Crippen MR) is 80.4 cm³/mol. The molecule has 0 atom stereocenters. The average Bonchev–Trinajstić information content (AvgIpc) is 2.96. The van der Waals surface area contributed by atoms with Crippen LogP contribution >= 0.6 is 0 Å². The molecule has 3 rings (SSSR count). The third-order valence-electron chi connectivity index (χ3n) is 3.75. The molecule has 10 nitrogen and oxygen atoms in total. The van der Waals surface area contributed by atoms with Crippen LogP contribution in [0.1, 0.15) is 33.7 Å². The second-order valence-electron chi connectivity index (χ2n) is 5.18. The van der Waals surface area contributed by atoms with E-state index < -0.39 is 5.91 Å². The van der Waals surface area contributed by atoms with E-state index in [1.165, 1.54) is 16.9 Å². The molecule has 0 aromatic carbocycles. The lowest BCUT2D eigenvalue weighted by Gasteiger charge is -2.22. The lowest BCUT2D eigenvalue weighted by Crippen LogP contribution is -2.38. The second-order valence-corrected chi connectivity index (χ2v) is 5.18. The zero-order valence-electron chi connectivity index (χ0n) is 12.3. The van der Waals surface area contributed by atoms with Gasteiger partial charge in [-0.15, -0.1) is 0 Å². The topological polar surface area (TPSA) is 150 Å². The fourth-order valence-electron chi connectivity index (χ4n) is 2.58. The van der Waals surface area contributed by atoms with Gasteiger partial charge in [0.25, 0.3) is 11.8 Å². The number of rotatable bonds is 3. The van der Waals surface area contributed by atoms with Gasteiger partial charge in [0, 0.05) is 19.3 Å². The Bertz CT molecular complexity index is 751. The molecule has 0 unspecified atom stereocenters. The molecule has 23 heavy (non-hydrogen) atoms. The van der Waals surface area contributed by atoms with Crippen LogP contribution in [0.15, 0.2) is 12.4 Å². The highest BCUT2D eigenvalue weighted by molar-refractivity contribution is 6.07. The third-order valence-corrected chi connectivity index (χ3v) is 3.75. The molecule has 2 amide bonds. The van der Waals surface area contributed by atoms with Crippen LogP contribution in [0.2, 0.25) is 0 Å². The van der Waals surface area contributed by atoms with Crippen molar-refractivity contribution in [3.63, 3.8) is 0 Å². The summed E-state index contributed by atoms with van der Waals surface area (Å²) in [6, 6.07) is 1.42. The van der Waals surface area contributed by atoms with E-state index in [-0.39, 0.29) is 34.5 Å². The first-order valence-corrected chi connectivity index (χ1v) is 7.13. The molecule has 122 valence electrons. The Balaban J connectivity index is 1.99. The number of nitrogens with one attached hydrogen (secondary N) is 2. The van der Waals surface area contributed by atoms with Gasteiger partial charge in [-0.1, -0.05) is 0 Å². The van der Waals surface area contributed by atoms with E-state index in [1.807, 2.05) is 5.43 Å². The summed E-state index contributed by atoms with van der Waals surface area (Å²) in [6.45, 7) is 1.21. The lowest BCUT2D eigenvalue weighted by molar-refractivity contribution is 0.0697. The zero-order chi connectivity index (χ0) is 16.4. The van der Waals surface area contributed by atoms with Crippen molar-refractivity contribution in [1.29, 1.82) is 0 Å². The van der Waals surface area contributed by atoms with Crippen LogP contribution in [0.4, 0.5) is 5.82 Å². The maximum absolute atomic E-state index is 12.6. The molecular weight excluding hydrogens is 302 g/mol. The first-order chi connectivity index (χ1) is 11.1. The van der Waals surface area contributed by atoms with Gasteiger partial charge in [-0.2, -0.15) is 5.10 Å². The van der Waals surface area contributed by atoms with Gasteiger partial charge in [-0.25, -0.2) is 15.3 Å². The first kappa shape index (κ1) is 15.2. The molecule has 6 N–H and O–H groups in total. The predicted octanol–water partition coefficient (Wildman–Crippen LogP) is -1.18. The Hall–Kier alpha value is -2.72. The molecule has 1 aliphatic heterocycles. The molecule has 0 radical (unpaired) electrons. The smallest absolute Gasteiger partial charge is 0.283 e. The van der Waals surface area contributed by atoms with Crippen molar-refractivity contribution in [2.24, 2.45) is 5.84 Å². The number of nitrogens with two attached hydrogens (primary N) is 2. The number of hydrogen-bond acceptors (Lipinski definition) is 7. The van der Waals surface area contributed by atoms with Crippen molar-refractivity contribution in [2.75, 3.05) is 18.9 Å². The molecule has 0 spiro atoms. The maximum Gasteiger partial charge on any atom is 0.283 e. The number of nitrogen functional groups attached to an aromatic ring is 2. The highest BCUT2D eigenvalue weighted by Crippen LogP contribution is 2.21. The Morgan fingerprint density at radius 1 is 1.30 bits per heavy atom. The van der Waals surface area contributed by atoms with Gasteiger partial charge in [-0.05, 0) is 18.9 Å². The SMILES string of the molecule is NNC(=O)c1cc(C(=O)NC2CCOCC2)c2c(N)ncnn12. The normalized spacial score (nSPS) is 15.5. The quantitative estimate of drug-likeness (QED) is 0.316. The first-order valence-electron chi connectivity index (χ1n) is 7.13. The van der Waals surface area contributed by atoms with Crippen molar-refractivity contribution in [1.82, 2.24) is 25.3 Å². The second kappa shape index (κ2) is 6.18. The molecule has 2 aromatic rings. The van der Waals surface area contributed by atoms with Crippen LogP contribution in [0, 0.1) is 0 Å². The van der Waals surface area contributed by atoms with E-state index in [0.29, 0.717) is 13.2 Å². The summed E-state index contributed by atoms with van der Waals surface area (Å²) < 4.78 is 6.52. The van der Waals surface area contributed by atoms with E-state index in [0.717, 1.165) is 12.8 Å². The Kier molecular flexibility index (Phi) is 4.08. The summed E-state index contributed by atoms with van der Waals surface area (Å²) in [5.41, 5.74) is 8.47. The standard InChI is InChI=1S/C13H17N7O3/c14-11-10-8(12(21)18-7-1-3-23-4-2-7)5-9(13(22)19-15)20(10)17-6-16-11/h5-7H,1-4,15H2,(H,18,21)(H,19,22)(H2,14,16,17). The number of nitrogens with zero attached hydrogens (tertiary/aromatic N) is 3. The van der Waals surface area contributed by atoms with Gasteiger partial charge in [0.15, 0.2) is 5.82 Å². The van der Waals surface area contributed by atoms with Crippen molar-refractivity contribution >= 4 is 23.1 Å². The largest absolute Gasteiger partial charge is 0.382 e. The van der Waals surface area contributed by atoms with E-state index in [1.54, 1.807) is 0 Å². The number of anilines is 1. The van der Waals surface area contributed by atoms with E-state index in [4.69, 9.17) is 16.3 Å². The summed E-state index contributed by atoms with van der Waals surface area (Å²) in [5, 5.41) is 6.89. The van der Waals surface area contributed by atoms with Crippen molar-refractivity contribution in [3.05, 3.63) is 23.7 Å². The van der Waals surface area contributed by atoms with Crippen LogP contribution in [0.3, 0.4) is 0 Å². The molecule has 0 bridgehead atoms. The summed E-state index contributed by atoms with van der Waals surface area (Å²) in [4.78, 5) is 28.3. The number of amides is 2. The van der Waals surface area contributed by atoms with E-state index in [2.05, 4.69) is 15.4 Å². The molecule has 10 heteroatoms. The summed E-state index contributed by atoms with van der Waals surface area (Å²) in [7, 11) is 0. The minimum atomic E-state index is -0.580. The molecule has 2 aromatic heterocycles. The number of hydrogen-bond donors (Lipinski definition) is 4. The number of aromatic nitrogens is 3. The lowest BCUT2D eigenvalue weighted by atomic mass is 10.1. The number of fused-ring (bicyclic) bond motifs is 1. The monoisotopic (exact) mass is 319 g/mol. The van der Waals surface area contributed by atoms with Crippen molar-refractivity contribution in [3.8, 4) is 0 Å². The molecule has 1 aliphatic rings. The van der Waals surface area contributed by atoms with Crippen molar-refractivity contribution < 1.29 is 14.3 Å². The minimum absolute atomic E-state index is 0.0174. The van der Waals surface area contributed by atoms with Gasteiger partial charge < -0.3 is 15.8 Å². The van der Waals surface area contributed by atoms with Crippen LogP contribution in [-0.4, -0.2) is 45.7 Å². The Morgan fingerprint density at radius 3 is 2.74 bits per heavy atom. The van der Waals surface area contributed by atoms with Crippen molar-refractivity contribution in [2.45, 2.75) is 18.9 Å². The molecule has 0 saturated carbocycles. The fourth-order valence-corrected chi connectivity index (χ4v) is 2.58. The highest BCUT2D eigenvalue weighted by Gasteiger charge is 2.24. The zero-order valence-corrected chi connectivity index (χ0v) is 12.3. The third kappa shape index (κ3) is 2.81. The van der Waals surface area contributed by atoms with Crippen LogP contribution in [0.25, 0.3) is 5.52 Å². The van der Waals surface area contributed by atoms with Gasteiger partial charge in [-0.3, -0.25) is 15.0 Å². The van der Waals surface area contributed by atoms with Crippen LogP contribution in [-0.2, 0) is 4.74 Å². The average molecular weight is 319 g/mol. The number of hydrazine groups is 1. The summed E-state index contributed by atoms with van der Waals surface area (Å²) in [5.74, 6) is 4.35. The van der Waals surface area contributed by atoms with E-state index in [9.17, 15) is 9.59 Å². The number of ether oxygens (including phenoxy) is 1. The van der Waals surface area contributed by atoms with Gasteiger partial charge in [0.2, 0.25) is 0 Å².